The molecule has 0 aliphatic heterocycles. The number of nitrogens with one attached hydrogen (secondary N) is 1. The third kappa shape index (κ3) is 1.82. The number of rotatable bonds is 2. The van der Waals surface area contributed by atoms with Crippen LogP contribution in [-0.4, -0.2) is 4.98 Å². The van der Waals surface area contributed by atoms with Crippen molar-refractivity contribution in [2.24, 2.45) is 0 Å². The van der Waals surface area contributed by atoms with Gasteiger partial charge in [-0.2, -0.15) is 0 Å². The van der Waals surface area contributed by atoms with Crippen LogP contribution in [0, 0.1) is 0 Å². The third-order valence-electron chi connectivity index (χ3n) is 2.76. The lowest BCUT2D eigenvalue weighted by Gasteiger charge is -2.10. The van der Waals surface area contributed by atoms with Gasteiger partial charge >= 0.3 is 0 Å². The van der Waals surface area contributed by atoms with Gasteiger partial charge in [0.2, 0.25) is 0 Å². The van der Waals surface area contributed by atoms with E-state index in [1.54, 1.807) is 0 Å². The van der Waals surface area contributed by atoms with E-state index in [4.69, 9.17) is 0 Å². The highest BCUT2D eigenvalue weighted by molar-refractivity contribution is 5.86. The van der Waals surface area contributed by atoms with Gasteiger partial charge in [0, 0.05) is 16.5 Å². The molecule has 2 nitrogen and oxygen atoms in total. The summed E-state index contributed by atoms with van der Waals surface area (Å²) in [6.45, 7) is 11.5. The largest absolute Gasteiger partial charge is 0.354 e. The van der Waals surface area contributed by atoms with E-state index in [0.717, 1.165) is 22.4 Å². The van der Waals surface area contributed by atoms with E-state index in [0.29, 0.717) is 10.9 Å². The Balaban J connectivity index is 2.99. The molecule has 0 saturated carbocycles. The molecule has 0 atom stereocenters. The summed E-state index contributed by atoms with van der Waals surface area (Å²) >= 11 is 0. The summed E-state index contributed by atoms with van der Waals surface area (Å²) in [5.41, 5.74) is 3.86. The van der Waals surface area contributed by atoms with Crippen molar-refractivity contribution < 1.29 is 0 Å². The van der Waals surface area contributed by atoms with E-state index in [1.165, 1.54) is 0 Å². The second-order valence-electron chi connectivity index (χ2n) is 4.31. The standard InChI is InChI=1S/C15H15NO/c1-9(2)13-14(10(3)4)16-12-8-6-5-7-11(12)15(13)17/h5-8H,1,3H2,2,4H3,(H,16,17). The summed E-state index contributed by atoms with van der Waals surface area (Å²) in [6.07, 6.45) is 0. The topological polar surface area (TPSA) is 32.9 Å². The Hall–Kier alpha value is -2.09. The number of benzene rings is 1. The molecule has 1 N–H and O–H groups in total. The molecule has 0 fully saturated rings. The molecule has 2 aromatic rings. The summed E-state index contributed by atoms with van der Waals surface area (Å²) in [7, 11) is 0. The number of aromatic amines is 1. The van der Waals surface area contributed by atoms with Crippen LogP contribution >= 0.6 is 0 Å². The Bertz CT molecular complexity index is 677. The number of hydrogen-bond acceptors (Lipinski definition) is 1. The quantitative estimate of drug-likeness (QED) is 0.832. The molecule has 17 heavy (non-hydrogen) atoms. The Labute approximate surface area is 100 Å². The Morgan fingerprint density at radius 3 is 2.35 bits per heavy atom. The van der Waals surface area contributed by atoms with Gasteiger partial charge in [0.15, 0.2) is 5.43 Å². The molecule has 86 valence electrons. The fraction of sp³-hybridized carbons (Fsp3) is 0.133. The molecule has 0 radical (unpaired) electrons. The fourth-order valence-electron chi connectivity index (χ4n) is 1.96. The van der Waals surface area contributed by atoms with E-state index >= 15 is 0 Å². The molecule has 1 aromatic carbocycles. The number of hydrogen-bond donors (Lipinski definition) is 1. The van der Waals surface area contributed by atoms with Gasteiger partial charge in [-0.1, -0.05) is 25.3 Å². The molecule has 1 aromatic heterocycles. The molecular formula is C15H15NO. The first-order valence-corrected chi connectivity index (χ1v) is 5.49. The van der Waals surface area contributed by atoms with Crippen molar-refractivity contribution in [1.82, 2.24) is 4.98 Å². The number of aromatic nitrogens is 1. The molecule has 0 aliphatic rings. The average molecular weight is 225 g/mol. The molecule has 2 heteroatoms. The fourth-order valence-corrected chi connectivity index (χ4v) is 1.96. The van der Waals surface area contributed by atoms with E-state index in [-0.39, 0.29) is 5.43 Å². The summed E-state index contributed by atoms with van der Waals surface area (Å²) in [5.74, 6) is 0. The number of allylic oxidation sites excluding steroid dienone is 2. The first-order valence-electron chi connectivity index (χ1n) is 5.49. The van der Waals surface area contributed by atoms with Crippen molar-refractivity contribution in [2.75, 3.05) is 0 Å². The smallest absolute Gasteiger partial charge is 0.197 e. The summed E-state index contributed by atoms with van der Waals surface area (Å²) < 4.78 is 0. The second-order valence-corrected chi connectivity index (χ2v) is 4.31. The zero-order valence-corrected chi connectivity index (χ0v) is 10.1. The number of fused-ring (bicyclic) bond motifs is 1. The van der Waals surface area contributed by atoms with Crippen molar-refractivity contribution >= 4 is 22.0 Å². The third-order valence-corrected chi connectivity index (χ3v) is 2.76. The summed E-state index contributed by atoms with van der Waals surface area (Å²) in [4.78, 5) is 15.6. The van der Waals surface area contributed by atoms with Crippen LogP contribution in [0.4, 0.5) is 0 Å². The van der Waals surface area contributed by atoms with Crippen LogP contribution in [0.5, 0.6) is 0 Å². The van der Waals surface area contributed by atoms with Crippen LogP contribution in [-0.2, 0) is 0 Å². The number of para-hydroxylation sites is 1. The summed E-state index contributed by atoms with van der Waals surface area (Å²) in [6, 6.07) is 7.48. The number of H-pyrrole nitrogens is 1. The van der Waals surface area contributed by atoms with E-state index in [9.17, 15) is 4.79 Å². The predicted molar refractivity (Wildman–Crippen MR) is 74.0 cm³/mol. The van der Waals surface area contributed by atoms with Crippen molar-refractivity contribution in [1.29, 1.82) is 0 Å². The Morgan fingerprint density at radius 1 is 1.12 bits per heavy atom. The van der Waals surface area contributed by atoms with Gasteiger partial charge in [0.25, 0.3) is 0 Å². The molecule has 0 amide bonds. The lowest BCUT2D eigenvalue weighted by molar-refractivity contribution is 1.29. The molecule has 0 saturated heterocycles. The van der Waals surface area contributed by atoms with Gasteiger partial charge in [-0.05, 0) is 37.1 Å². The van der Waals surface area contributed by atoms with Gasteiger partial charge < -0.3 is 4.98 Å². The van der Waals surface area contributed by atoms with Crippen molar-refractivity contribution in [3.63, 3.8) is 0 Å². The minimum atomic E-state index is 0.0184. The Morgan fingerprint density at radius 2 is 1.76 bits per heavy atom. The average Bonchev–Trinajstić information content (AvgIpc) is 2.28. The first-order chi connectivity index (χ1) is 8.02. The highest BCUT2D eigenvalue weighted by Crippen LogP contribution is 2.21. The monoisotopic (exact) mass is 225 g/mol. The lowest BCUT2D eigenvalue weighted by atomic mass is 10.00. The van der Waals surface area contributed by atoms with Crippen molar-refractivity contribution in [3.05, 3.63) is 58.9 Å². The molecule has 0 spiro atoms. The normalized spacial score (nSPS) is 10.5. The van der Waals surface area contributed by atoms with Gasteiger partial charge in [-0.15, -0.1) is 0 Å². The number of pyridine rings is 1. The van der Waals surface area contributed by atoms with Gasteiger partial charge in [0.05, 0.1) is 5.69 Å². The molecule has 0 aliphatic carbocycles. The Kier molecular flexibility index (Phi) is 2.72. The molecular weight excluding hydrogens is 210 g/mol. The van der Waals surface area contributed by atoms with E-state index in [2.05, 4.69) is 18.1 Å². The van der Waals surface area contributed by atoms with Crippen LogP contribution in [0.25, 0.3) is 22.0 Å². The lowest BCUT2D eigenvalue weighted by Crippen LogP contribution is -2.12. The molecule has 2 rings (SSSR count). The first kappa shape index (κ1) is 11.4. The van der Waals surface area contributed by atoms with Crippen molar-refractivity contribution in [3.8, 4) is 0 Å². The highest BCUT2D eigenvalue weighted by atomic mass is 16.1. The van der Waals surface area contributed by atoms with E-state index in [1.807, 2.05) is 38.1 Å². The highest BCUT2D eigenvalue weighted by Gasteiger charge is 2.12. The minimum absolute atomic E-state index is 0.0184. The summed E-state index contributed by atoms with van der Waals surface area (Å²) in [5, 5.41) is 0.690. The van der Waals surface area contributed by atoms with Crippen LogP contribution in [0.3, 0.4) is 0 Å². The maximum absolute atomic E-state index is 12.4. The van der Waals surface area contributed by atoms with Gasteiger partial charge in [-0.25, -0.2) is 0 Å². The maximum atomic E-state index is 12.4. The molecule has 0 unspecified atom stereocenters. The molecule has 0 bridgehead atoms. The zero-order valence-electron chi connectivity index (χ0n) is 10.1. The van der Waals surface area contributed by atoms with E-state index < -0.39 is 0 Å². The minimum Gasteiger partial charge on any atom is -0.354 e. The molecule has 1 heterocycles. The van der Waals surface area contributed by atoms with Crippen LogP contribution < -0.4 is 5.43 Å². The predicted octanol–water partition coefficient (Wildman–Crippen LogP) is 3.59. The second kappa shape index (κ2) is 4.06. The van der Waals surface area contributed by atoms with Crippen molar-refractivity contribution in [2.45, 2.75) is 13.8 Å². The van der Waals surface area contributed by atoms with Crippen LogP contribution in [0.2, 0.25) is 0 Å². The zero-order chi connectivity index (χ0) is 12.6. The van der Waals surface area contributed by atoms with Crippen LogP contribution in [0.1, 0.15) is 25.1 Å². The maximum Gasteiger partial charge on any atom is 0.197 e. The van der Waals surface area contributed by atoms with Crippen LogP contribution in [0.15, 0.2) is 42.2 Å². The SMILES string of the molecule is C=C(C)c1[nH]c2ccccc2c(=O)c1C(=C)C. The van der Waals surface area contributed by atoms with Gasteiger partial charge in [0.1, 0.15) is 0 Å². The van der Waals surface area contributed by atoms with Gasteiger partial charge in [-0.3, -0.25) is 4.79 Å².